The number of hydrogen-bond donors (Lipinski definition) is 1. The molecule has 2 bridgehead atoms. The topological polar surface area (TPSA) is 26.7 Å². The maximum absolute atomic E-state index is 9.23. The summed E-state index contributed by atoms with van der Waals surface area (Å²) in [7, 11) is 2.22. The number of fused-ring (bicyclic) bond motifs is 2. The summed E-state index contributed by atoms with van der Waals surface area (Å²) in [5, 5.41) is 9.23. The molecular weight excluding hydrogens is 188 g/mol. The summed E-state index contributed by atoms with van der Waals surface area (Å²) in [6.45, 7) is 2.25. The predicted molar refractivity (Wildman–Crippen MR) is 60.3 cm³/mol. The number of hydrogen-bond acceptors (Lipinski definition) is 3. The van der Waals surface area contributed by atoms with Crippen LogP contribution in [0, 0.1) is 0 Å². The van der Waals surface area contributed by atoms with Gasteiger partial charge in [-0.15, -0.1) is 0 Å². The van der Waals surface area contributed by atoms with Crippen molar-refractivity contribution < 1.29 is 5.11 Å². The summed E-state index contributed by atoms with van der Waals surface area (Å²) in [6.07, 6.45) is 1.35. The summed E-state index contributed by atoms with van der Waals surface area (Å²) in [4.78, 5) is 4.88. The third kappa shape index (κ3) is 1.38. The zero-order chi connectivity index (χ0) is 10.4. The lowest BCUT2D eigenvalue weighted by molar-refractivity contribution is 0.0264. The summed E-state index contributed by atoms with van der Waals surface area (Å²) < 4.78 is 0. The maximum atomic E-state index is 9.23. The Bertz CT molecular complexity index is 350. The van der Waals surface area contributed by atoms with Crippen LogP contribution in [-0.2, 0) is 0 Å². The number of rotatable bonds is 1. The Balaban J connectivity index is 1.77. The molecule has 2 unspecified atom stereocenters. The summed E-state index contributed by atoms with van der Waals surface area (Å²) in [5.41, 5.74) is 1.23. The van der Waals surface area contributed by atoms with Gasteiger partial charge in [-0.25, -0.2) is 0 Å². The van der Waals surface area contributed by atoms with Crippen molar-refractivity contribution in [1.82, 2.24) is 4.90 Å². The van der Waals surface area contributed by atoms with Gasteiger partial charge in [0.05, 0.1) is 0 Å². The van der Waals surface area contributed by atoms with E-state index in [4.69, 9.17) is 0 Å². The zero-order valence-electron chi connectivity index (χ0n) is 8.93. The number of phenolic OH excluding ortho intramolecular Hbond substituents is 1. The Morgan fingerprint density at radius 3 is 2.27 bits per heavy atom. The first-order valence-electron chi connectivity index (χ1n) is 5.50. The molecule has 1 aromatic carbocycles. The highest BCUT2D eigenvalue weighted by atomic mass is 16.3. The van der Waals surface area contributed by atoms with E-state index in [1.165, 1.54) is 12.1 Å². The molecule has 15 heavy (non-hydrogen) atoms. The molecule has 1 aromatic rings. The van der Waals surface area contributed by atoms with Gasteiger partial charge in [0.2, 0.25) is 0 Å². The molecule has 4 rings (SSSR count). The molecule has 0 radical (unpaired) electrons. The third-order valence-corrected chi connectivity index (χ3v) is 3.77. The molecule has 2 atom stereocenters. The average molecular weight is 204 g/mol. The van der Waals surface area contributed by atoms with E-state index in [-0.39, 0.29) is 0 Å². The lowest BCUT2D eigenvalue weighted by Crippen LogP contribution is -2.67. The number of phenols is 1. The highest BCUT2D eigenvalue weighted by molar-refractivity contribution is 5.50. The van der Waals surface area contributed by atoms with Gasteiger partial charge in [-0.05, 0) is 37.7 Å². The Hall–Kier alpha value is -1.22. The fourth-order valence-corrected chi connectivity index (χ4v) is 2.67. The van der Waals surface area contributed by atoms with E-state index in [0.717, 1.165) is 25.2 Å². The van der Waals surface area contributed by atoms with Crippen LogP contribution < -0.4 is 4.90 Å². The van der Waals surface area contributed by atoms with Crippen LogP contribution in [0.15, 0.2) is 24.3 Å². The Morgan fingerprint density at radius 1 is 1.13 bits per heavy atom. The molecule has 1 N–H and O–H groups in total. The highest BCUT2D eigenvalue weighted by Gasteiger charge is 2.41. The van der Waals surface area contributed by atoms with E-state index in [9.17, 15) is 5.11 Å². The van der Waals surface area contributed by atoms with E-state index in [1.54, 1.807) is 12.1 Å². The summed E-state index contributed by atoms with van der Waals surface area (Å²) in [5.74, 6) is 0.345. The molecule has 0 aromatic heterocycles. The van der Waals surface area contributed by atoms with Crippen molar-refractivity contribution in [2.45, 2.75) is 18.5 Å². The minimum absolute atomic E-state index is 0.345. The summed E-state index contributed by atoms with van der Waals surface area (Å²) >= 11 is 0. The smallest absolute Gasteiger partial charge is 0.115 e. The monoisotopic (exact) mass is 204 g/mol. The lowest BCUT2D eigenvalue weighted by atomic mass is 9.88. The third-order valence-electron chi connectivity index (χ3n) is 3.77. The van der Waals surface area contributed by atoms with Crippen LogP contribution in [-0.4, -0.2) is 42.2 Å². The average Bonchev–Trinajstić information content (AvgIpc) is 2.29. The number of piperidine rings is 1. The van der Waals surface area contributed by atoms with E-state index >= 15 is 0 Å². The second kappa shape index (κ2) is 3.14. The number of piperazine rings is 1. The van der Waals surface area contributed by atoms with Crippen molar-refractivity contribution in [3.63, 3.8) is 0 Å². The first-order valence-corrected chi connectivity index (χ1v) is 5.50. The van der Waals surface area contributed by atoms with Crippen LogP contribution in [0.2, 0.25) is 0 Å². The number of likely N-dealkylation sites (N-methyl/N-ethyl adjacent to an activating group) is 1. The number of aromatic hydroxyl groups is 1. The van der Waals surface area contributed by atoms with Gasteiger partial charge in [-0.2, -0.15) is 0 Å². The number of benzene rings is 1. The van der Waals surface area contributed by atoms with Crippen molar-refractivity contribution >= 4 is 5.69 Å². The van der Waals surface area contributed by atoms with Crippen LogP contribution in [0.25, 0.3) is 0 Å². The van der Waals surface area contributed by atoms with E-state index in [1.807, 2.05) is 12.1 Å². The molecule has 3 fully saturated rings. The molecule has 0 aliphatic carbocycles. The van der Waals surface area contributed by atoms with Gasteiger partial charge in [0, 0.05) is 30.9 Å². The zero-order valence-corrected chi connectivity index (χ0v) is 8.93. The van der Waals surface area contributed by atoms with Crippen molar-refractivity contribution in [1.29, 1.82) is 0 Å². The van der Waals surface area contributed by atoms with Gasteiger partial charge >= 0.3 is 0 Å². The molecule has 0 amide bonds. The number of nitrogens with zero attached hydrogens (tertiary/aromatic N) is 2. The van der Waals surface area contributed by atoms with Crippen molar-refractivity contribution in [2.75, 3.05) is 25.0 Å². The fraction of sp³-hybridized carbons (Fsp3) is 0.500. The van der Waals surface area contributed by atoms with Crippen LogP contribution in [0.1, 0.15) is 6.42 Å². The highest BCUT2D eigenvalue weighted by Crippen LogP contribution is 2.33. The van der Waals surface area contributed by atoms with Crippen LogP contribution in [0.5, 0.6) is 5.75 Å². The molecule has 3 heterocycles. The molecule has 3 saturated heterocycles. The van der Waals surface area contributed by atoms with Gasteiger partial charge in [0.25, 0.3) is 0 Å². The maximum Gasteiger partial charge on any atom is 0.115 e. The van der Waals surface area contributed by atoms with E-state index in [2.05, 4.69) is 16.8 Å². The van der Waals surface area contributed by atoms with Crippen LogP contribution in [0.4, 0.5) is 5.69 Å². The minimum atomic E-state index is 0.345. The van der Waals surface area contributed by atoms with Crippen LogP contribution in [0.3, 0.4) is 0 Å². The standard InChI is InChI=1S/C12H16N2O/c1-13-10-6-11(13)8-14(7-10)9-2-4-12(15)5-3-9/h2-5,10-11,15H,6-8H2,1H3. The summed E-state index contributed by atoms with van der Waals surface area (Å²) in [6, 6.07) is 8.99. The molecule has 3 heteroatoms. The molecule has 0 saturated carbocycles. The quantitative estimate of drug-likeness (QED) is 0.746. The number of anilines is 1. The molecule has 3 nitrogen and oxygen atoms in total. The van der Waals surface area contributed by atoms with Gasteiger partial charge in [-0.3, -0.25) is 4.90 Å². The molecule has 3 aliphatic rings. The molecular formula is C12H16N2O. The predicted octanol–water partition coefficient (Wildman–Crippen LogP) is 1.28. The fourth-order valence-electron chi connectivity index (χ4n) is 2.67. The van der Waals surface area contributed by atoms with Gasteiger partial charge in [0.1, 0.15) is 5.75 Å². The van der Waals surface area contributed by atoms with E-state index < -0.39 is 0 Å². The molecule has 0 spiro atoms. The molecule has 80 valence electrons. The first kappa shape index (κ1) is 9.04. The Labute approximate surface area is 89.9 Å². The first-order chi connectivity index (χ1) is 7.24. The Morgan fingerprint density at radius 2 is 1.73 bits per heavy atom. The second-order valence-corrected chi connectivity index (χ2v) is 4.63. The van der Waals surface area contributed by atoms with Gasteiger partial charge < -0.3 is 10.0 Å². The van der Waals surface area contributed by atoms with Gasteiger partial charge in [-0.1, -0.05) is 0 Å². The normalized spacial score (nSPS) is 30.1. The SMILES string of the molecule is CN1C2CC1CN(c1ccc(O)cc1)C2. The lowest BCUT2D eigenvalue weighted by Gasteiger charge is -2.55. The Kier molecular flexibility index (Phi) is 1.89. The second-order valence-electron chi connectivity index (χ2n) is 4.63. The van der Waals surface area contributed by atoms with Crippen molar-refractivity contribution in [3.05, 3.63) is 24.3 Å². The molecule has 3 aliphatic heterocycles. The van der Waals surface area contributed by atoms with Gasteiger partial charge in [0.15, 0.2) is 0 Å². The van der Waals surface area contributed by atoms with Crippen LogP contribution >= 0.6 is 0 Å². The largest absolute Gasteiger partial charge is 0.508 e. The minimum Gasteiger partial charge on any atom is -0.508 e. The van der Waals surface area contributed by atoms with E-state index in [0.29, 0.717) is 5.75 Å². The van der Waals surface area contributed by atoms with Crippen molar-refractivity contribution in [3.8, 4) is 5.75 Å². The van der Waals surface area contributed by atoms with Crippen molar-refractivity contribution in [2.24, 2.45) is 0 Å².